The van der Waals surface area contributed by atoms with E-state index in [1.165, 1.54) is 28.8 Å². The second kappa shape index (κ2) is 11.8. The van der Waals surface area contributed by atoms with Gasteiger partial charge < -0.3 is 15.4 Å². The van der Waals surface area contributed by atoms with Gasteiger partial charge in [-0.15, -0.1) is 0 Å². The SMILES string of the molecule is COc1ccc(NC(=O)c2ccc(NC(=O)CSc3nc4ccccc4c(=O)n3-c3ccc(F)cc3)cc2)cc1. The summed E-state index contributed by atoms with van der Waals surface area (Å²) < 4.78 is 20.0. The molecular weight excluding hydrogens is 531 g/mol. The Morgan fingerprint density at radius 3 is 2.23 bits per heavy atom. The molecule has 1 heterocycles. The summed E-state index contributed by atoms with van der Waals surface area (Å²) >= 11 is 1.09. The molecule has 0 fully saturated rings. The van der Waals surface area contributed by atoms with E-state index in [0.29, 0.717) is 44.4 Å². The van der Waals surface area contributed by atoms with Crippen LogP contribution >= 0.6 is 11.8 Å². The molecule has 1 aromatic heterocycles. The molecule has 0 saturated carbocycles. The molecule has 5 aromatic rings. The number of rotatable bonds is 8. The zero-order valence-corrected chi connectivity index (χ0v) is 22.1. The topological polar surface area (TPSA) is 102 Å². The number of amides is 2. The number of carbonyl (C=O) groups excluding carboxylic acids is 2. The maximum Gasteiger partial charge on any atom is 0.266 e. The number of hydrogen-bond donors (Lipinski definition) is 2. The van der Waals surface area contributed by atoms with Crippen LogP contribution in [0.25, 0.3) is 16.6 Å². The first-order valence-electron chi connectivity index (χ1n) is 12.2. The van der Waals surface area contributed by atoms with Gasteiger partial charge in [0.1, 0.15) is 11.6 Å². The van der Waals surface area contributed by atoms with Crippen LogP contribution in [0.1, 0.15) is 10.4 Å². The van der Waals surface area contributed by atoms with Crippen LogP contribution in [0.2, 0.25) is 0 Å². The highest BCUT2D eigenvalue weighted by Crippen LogP contribution is 2.22. The van der Waals surface area contributed by atoms with E-state index in [0.717, 1.165) is 11.8 Å². The van der Waals surface area contributed by atoms with Gasteiger partial charge in [-0.05, 0) is 84.9 Å². The Morgan fingerprint density at radius 2 is 1.52 bits per heavy atom. The molecular formula is C30H23FN4O4S. The number of aromatic nitrogens is 2. The lowest BCUT2D eigenvalue weighted by atomic mass is 10.2. The van der Waals surface area contributed by atoms with Crippen LogP contribution in [0.5, 0.6) is 5.75 Å². The van der Waals surface area contributed by atoms with Crippen molar-refractivity contribution in [2.45, 2.75) is 5.16 Å². The molecule has 8 nitrogen and oxygen atoms in total. The number of fused-ring (bicyclic) bond motifs is 1. The number of thioether (sulfide) groups is 1. The molecule has 0 aliphatic carbocycles. The van der Waals surface area contributed by atoms with Crippen LogP contribution < -0.4 is 20.9 Å². The van der Waals surface area contributed by atoms with Gasteiger partial charge in [0.15, 0.2) is 5.16 Å². The van der Waals surface area contributed by atoms with Crippen molar-refractivity contribution in [1.29, 1.82) is 0 Å². The van der Waals surface area contributed by atoms with Gasteiger partial charge in [0.25, 0.3) is 11.5 Å². The second-order valence-corrected chi connectivity index (χ2v) is 9.57. The van der Waals surface area contributed by atoms with Gasteiger partial charge in [-0.25, -0.2) is 9.37 Å². The molecule has 4 aromatic carbocycles. The van der Waals surface area contributed by atoms with Crippen LogP contribution in [0.4, 0.5) is 15.8 Å². The van der Waals surface area contributed by atoms with E-state index in [9.17, 15) is 18.8 Å². The number of para-hydroxylation sites is 1. The second-order valence-electron chi connectivity index (χ2n) is 8.63. The monoisotopic (exact) mass is 554 g/mol. The molecule has 0 spiro atoms. The highest BCUT2D eigenvalue weighted by molar-refractivity contribution is 7.99. The van der Waals surface area contributed by atoms with Gasteiger partial charge in [-0.2, -0.15) is 0 Å². The fraction of sp³-hybridized carbons (Fsp3) is 0.0667. The number of carbonyl (C=O) groups is 2. The minimum absolute atomic E-state index is 0.0360. The zero-order chi connectivity index (χ0) is 28.1. The quantitative estimate of drug-likeness (QED) is 0.194. The van der Waals surface area contributed by atoms with Gasteiger partial charge in [0, 0.05) is 16.9 Å². The Balaban J connectivity index is 1.27. The summed E-state index contributed by atoms with van der Waals surface area (Å²) in [6, 6.07) is 25.9. The predicted molar refractivity (Wildman–Crippen MR) is 154 cm³/mol. The molecule has 0 unspecified atom stereocenters. The Hall–Kier alpha value is -4.96. The van der Waals surface area contributed by atoms with Crippen LogP contribution in [0.15, 0.2) is 107 Å². The molecule has 40 heavy (non-hydrogen) atoms. The first-order chi connectivity index (χ1) is 19.4. The van der Waals surface area contributed by atoms with Gasteiger partial charge in [0.05, 0.1) is 29.5 Å². The number of halogens is 1. The fourth-order valence-electron chi connectivity index (χ4n) is 3.94. The Morgan fingerprint density at radius 1 is 0.875 bits per heavy atom. The average Bonchev–Trinajstić information content (AvgIpc) is 2.97. The summed E-state index contributed by atoms with van der Waals surface area (Å²) in [4.78, 5) is 43.2. The van der Waals surface area contributed by atoms with E-state index < -0.39 is 5.82 Å². The lowest BCUT2D eigenvalue weighted by molar-refractivity contribution is -0.113. The van der Waals surface area contributed by atoms with Crippen molar-refractivity contribution in [3.8, 4) is 11.4 Å². The third-order valence-corrected chi connectivity index (χ3v) is 6.88. The van der Waals surface area contributed by atoms with Crippen LogP contribution in [-0.4, -0.2) is 34.2 Å². The molecule has 0 bridgehead atoms. The summed E-state index contributed by atoms with van der Waals surface area (Å²) in [6.45, 7) is 0. The molecule has 2 N–H and O–H groups in total. The molecule has 0 aliphatic rings. The first kappa shape index (κ1) is 26.6. The van der Waals surface area contributed by atoms with Crippen LogP contribution in [0, 0.1) is 5.82 Å². The zero-order valence-electron chi connectivity index (χ0n) is 21.3. The smallest absolute Gasteiger partial charge is 0.266 e. The largest absolute Gasteiger partial charge is 0.497 e. The molecule has 0 radical (unpaired) electrons. The van der Waals surface area contributed by atoms with E-state index in [4.69, 9.17) is 4.74 Å². The van der Waals surface area contributed by atoms with Crippen molar-refractivity contribution >= 4 is 45.9 Å². The van der Waals surface area contributed by atoms with E-state index in [1.807, 2.05) is 0 Å². The minimum Gasteiger partial charge on any atom is -0.497 e. The molecule has 0 aliphatic heterocycles. The standard InChI is InChI=1S/C30H23FN4O4S/c1-39-24-16-12-22(13-17-24)33-28(37)19-6-10-21(11-7-19)32-27(36)18-40-30-34-26-5-3-2-4-25(26)29(38)35(30)23-14-8-20(31)9-15-23/h2-17H,18H2,1H3,(H,32,36)(H,33,37). The molecule has 10 heteroatoms. The number of ether oxygens (including phenoxy) is 1. The van der Waals surface area contributed by atoms with Gasteiger partial charge in [-0.3, -0.25) is 19.0 Å². The van der Waals surface area contributed by atoms with Crippen LogP contribution in [0.3, 0.4) is 0 Å². The third-order valence-electron chi connectivity index (χ3n) is 5.94. The number of hydrogen-bond acceptors (Lipinski definition) is 6. The van der Waals surface area contributed by atoms with Crippen molar-refractivity contribution in [2.75, 3.05) is 23.5 Å². The summed E-state index contributed by atoms with van der Waals surface area (Å²) in [5.41, 5.74) is 2.18. The molecule has 2 amide bonds. The number of anilines is 2. The van der Waals surface area contributed by atoms with Crippen molar-refractivity contribution < 1.29 is 18.7 Å². The van der Waals surface area contributed by atoms with E-state index in [1.54, 1.807) is 79.9 Å². The van der Waals surface area contributed by atoms with E-state index >= 15 is 0 Å². The van der Waals surface area contributed by atoms with Crippen LogP contribution in [-0.2, 0) is 4.79 Å². The maximum atomic E-state index is 13.5. The minimum atomic E-state index is -0.427. The fourth-order valence-corrected chi connectivity index (χ4v) is 4.75. The van der Waals surface area contributed by atoms with Crippen molar-refractivity contribution in [2.24, 2.45) is 0 Å². The van der Waals surface area contributed by atoms with Crippen molar-refractivity contribution in [3.05, 3.63) is 119 Å². The first-order valence-corrected chi connectivity index (χ1v) is 13.2. The Bertz CT molecular complexity index is 1740. The number of nitrogens with zero attached hydrogens (tertiary/aromatic N) is 2. The summed E-state index contributed by atoms with van der Waals surface area (Å²) in [5, 5.41) is 6.31. The predicted octanol–water partition coefficient (Wildman–Crippen LogP) is 5.52. The molecule has 0 atom stereocenters. The highest BCUT2D eigenvalue weighted by atomic mass is 32.2. The lowest BCUT2D eigenvalue weighted by Crippen LogP contribution is -2.23. The maximum absolute atomic E-state index is 13.5. The van der Waals surface area contributed by atoms with Gasteiger partial charge >= 0.3 is 0 Å². The highest BCUT2D eigenvalue weighted by Gasteiger charge is 2.15. The normalized spacial score (nSPS) is 10.8. The van der Waals surface area contributed by atoms with Crippen molar-refractivity contribution in [1.82, 2.24) is 9.55 Å². The third kappa shape index (κ3) is 6.02. The van der Waals surface area contributed by atoms with E-state index in [-0.39, 0.29) is 23.1 Å². The summed E-state index contributed by atoms with van der Waals surface area (Å²) in [6.07, 6.45) is 0. The molecule has 0 saturated heterocycles. The number of benzene rings is 4. The summed E-state index contributed by atoms with van der Waals surface area (Å²) in [7, 11) is 1.57. The number of methoxy groups -OCH3 is 1. The average molecular weight is 555 g/mol. The summed E-state index contributed by atoms with van der Waals surface area (Å²) in [5.74, 6) is -0.394. The van der Waals surface area contributed by atoms with Crippen molar-refractivity contribution in [3.63, 3.8) is 0 Å². The Kier molecular flexibility index (Phi) is 7.88. The Labute approximate surface area is 232 Å². The lowest BCUT2D eigenvalue weighted by Gasteiger charge is -2.13. The van der Waals surface area contributed by atoms with Gasteiger partial charge in [0.2, 0.25) is 5.91 Å². The number of nitrogens with one attached hydrogen (secondary N) is 2. The molecule has 5 rings (SSSR count). The molecule has 200 valence electrons. The van der Waals surface area contributed by atoms with Gasteiger partial charge in [-0.1, -0.05) is 23.9 Å². The van der Waals surface area contributed by atoms with E-state index in [2.05, 4.69) is 15.6 Å².